The number of carbonyl (C=O) groups excluding carboxylic acids is 1. The number of ether oxygens (including phenoxy) is 1. The fourth-order valence-electron chi connectivity index (χ4n) is 3.78. The number of carbonyl (C=O) groups is 1. The maximum atomic E-state index is 13.5. The van der Waals surface area contributed by atoms with Crippen LogP contribution in [0.1, 0.15) is 37.5 Å². The van der Waals surface area contributed by atoms with Crippen LogP contribution in [0.4, 0.5) is 13.6 Å². The Kier molecular flexibility index (Phi) is 6.43. The summed E-state index contributed by atoms with van der Waals surface area (Å²) in [4.78, 5) is 14.4. The summed E-state index contributed by atoms with van der Waals surface area (Å²) >= 11 is 0. The van der Waals surface area contributed by atoms with Gasteiger partial charge in [-0.15, -0.1) is 0 Å². The van der Waals surface area contributed by atoms with Crippen LogP contribution in [0, 0.1) is 11.6 Å². The molecule has 1 amide bonds. The van der Waals surface area contributed by atoms with Gasteiger partial charge in [0.1, 0.15) is 17.2 Å². The van der Waals surface area contributed by atoms with Gasteiger partial charge >= 0.3 is 6.09 Å². The number of rotatable bonds is 4. The van der Waals surface area contributed by atoms with Gasteiger partial charge in [0.2, 0.25) is 0 Å². The second-order valence-electron chi connectivity index (χ2n) is 8.78. The summed E-state index contributed by atoms with van der Waals surface area (Å²) < 4.78 is 32.6. The zero-order chi connectivity index (χ0) is 22.1. The first-order chi connectivity index (χ1) is 14.0. The first-order valence-electron chi connectivity index (χ1n) is 9.98. The van der Waals surface area contributed by atoms with Crippen LogP contribution in [0.5, 0.6) is 0 Å². The van der Waals surface area contributed by atoms with Crippen molar-refractivity contribution in [1.29, 1.82) is 0 Å². The van der Waals surface area contributed by atoms with Crippen molar-refractivity contribution in [2.45, 2.75) is 63.9 Å². The molecule has 0 radical (unpaired) electrons. The Labute approximate surface area is 175 Å². The van der Waals surface area contributed by atoms with Crippen molar-refractivity contribution in [1.82, 2.24) is 4.90 Å². The molecule has 7 heteroatoms. The van der Waals surface area contributed by atoms with Gasteiger partial charge in [0.05, 0.1) is 12.1 Å². The van der Waals surface area contributed by atoms with Crippen LogP contribution in [-0.4, -0.2) is 39.9 Å². The van der Waals surface area contributed by atoms with Crippen molar-refractivity contribution in [3.63, 3.8) is 0 Å². The number of amides is 1. The normalized spacial score (nSPS) is 18.5. The van der Waals surface area contributed by atoms with E-state index >= 15 is 0 Å². The number of aliphatic hydroxyl groups excluding tert-OH is 1. The molecule has 3 atom stereocenters. The van der Waals surface area contributed by atoms with Gasteiger partial charge < -0.3 is 15.6 Å². The predicted octanol–water partition coefficient (Wildman–Crippen LogP) is 3.56. The standard InChI is InChI=1S/C23H28F2N2O3/c1-23(2,3)30-22(29)27-13-16-7-5-4-6-15(16)11-20(27)21(28)19(26)10-14-8-17(24)12-18(25)9-14/h4-9,12,19-21,28H,10-11,13,26H2,1-3H3/t19-,20-,21-/m0/s1. The van der Waals surface area contributed by atoms with E-state index in [1.54, 1.807) is 20.8 Å². The van der Waals surface area contributed by atoms with Crippen molar-refractivity contribution in [3.8, 4) is 0 Å². The van der Waals surface area contributed by atoms with Crippen molar-refractivity contribution in [2.75, 3.05) is 0 Å². The average Bonchev–Trinajstić information content (AvgIpc) is 2.64. The minimum Gasteiger partial charge on any atom is -0.444 e. The maximum absolute atomic E-state index is 13.5. The average molecular weight is 418 g/mol. The van der Waals surface area contributed by atoms with E-state index in [2.05, 4.69) is 0 Å². The molecule has 1 aliphatic heterocycles. The molecule has 0 unspecified atom stereocenters. The highest BCUT2D eigenvalue weighted by Crippen LogP contribution is 2.28. The van der Waals surface area contributed by atoms with Crippen LogP contribution >= 0.6 is 0 Å². The summed E-state index contributed by atoms with van der Waals surface area (Å²) in [7, 11) is 0. The molecule has 2 aromatic carbocycles. The van der Waals surface area contributed by atoms with Crippen LogP contribution in [0.15, 0.2) is 42.5 Å². The number of aliphatic hydroxyl groups is 1. The Hall–Kier alpha value is -2.51. The van der Waals surface area contributed by atoms with E-state index in [0.717, 1.165) is 17.2 Å². The second-order valence-corrected chi connectivity index (χ2v) is 8.78. The Morgan fingerprint density at radius 1 is 1.20 bits per heavy atom. The highest BCUT2D eigenvalue weighted by molar-refractivity contribution is 5.69. The summed E-state index contributed by atoms with van der Waals surface area (Å²) in [6, 6.07) is 9.41. The molecule has 30 heavy (non-hydrogen) atoms. The summed E-state index contributed by atoms with van der Waals surface area (Å²) in [6.45, 7) is 5.61. The smallest absolute Gasteiger partial charge is 0.410 e. The second kappa shape index (κ2) is 8.70. The molecular formula is C23H28F2N2O3. The van der Waals surface area contributed by atoms with Gasteiger partial charge in [-0.3, -0.25) is 4.90 Å². The van der Waals surface area contributed by atoms with Gasteiger partial charge in [-0.1, -0.05) is 24.3 Å². The Balaban J connectivity index is 1.84. The fraction of sp³-hybridized carbons (Fsp3) is 0.435. The number of nitrogens with two attached hydrogens (primary N) is 1. The van der Waals surface area contributed by atoms with Crippen molar-refractivity contribution in [3.05, 3.63) is 70.8 Å². The third-order valence-corrected chi connectivity index (χ3v) is 5.14. The van der Waals surface area contributed by atoms with Gasteiger partial charge in [-0.05, 0) is 62.4 Å². The summed E-state index contributed by atoms with van der Waals surface area (Å²) in [6.07, 6.45) is -1.18. The van der Waals surface area contributed by atoms with Crippen molar-refractivity contribution in [2.24, 2.45) is 5.73 Å². The molecule has 1 heterocycles. The SMILES string of the molecule is CC(C)(C)OC(=O)N1Cc2ccccc2C[C@H]1[C@@H](O)[C@@H](N)Cc1cc(F)cc(F)c1. The third kappa shape index (κ3) is 5.34. The fourth-order valence-corrected chi connectivity index (χ4v) is 3.78. The summed E-state index contributed by atoms with van der Waals surface area (Å²) in [5.41, 5.74) is 7.87. The molecule has 0 saturated carbocycles. The molecule has 2 aromatic rings. The van der Waals surface area contributed by atoms with Crippen LogP contribution in [0.3, 0.4) is 0 Å². The zero-order valence-corrected chi connectivity index (χ0v) is 17.4. The van der Waals surface area contributed by atoms with E-state index in [0.29, 0.717) is 12.0 Å². The zero-order valence-electron chi connectivity index (χ0n) is 17.4. The van der Waals surface area contributed by atoms with Gasteiger partial charge in [0, 0.05) is 18.7 Å². The van der Waals surface area contributed by atoms with Crippen molar-refractivity contribution >= 4 is 6.09 Å². The highest BCUT2D eigenvalue weighted by atomic mass is 19.1. The molecule has 0 bridgehead atoms. The lowest BCUT2D eigenvalue weighted by Crippen LogP contribution is -2.57. The lowest BCUT2D eigenvalue weighted by atomic mass is 9.87. The molecule has 5 nitrogen and oxygen atoms in total. The van der Waals surface area contributed by atoms with Gasteiger partial charge in [-0.25, -0.2) is 13.6 Å². The summed E-state index contributed by atoms with van der Waals surface area (Å²) in [5.74, 6) is -1.40. The first-order valence-corrected chi connectivity index (χ1v) is 9.98. The van der Waals surface area contributed by atoms with Gasteiger partial charge in [-0.2, -0.15) is 0 Å². The molecule has 3 rings (SSSR count). The van der Waals surface area contributed by atoms with E-state index < -0.39 is 41.5 Å². The molecule has 0 spiro atoms. The lowest BCUT2D eigenvalue weighted by molar-refractivity contribution is -0.0171. The Morgan fingerprint density at radius 3 is 2.40 bits per heavy atom. The minimum absolute atomic E-state index is 0.0656. The maximum Gasteiger partial charge on any atom is 0.410 e. The number of fused-ring (bicyclic) bond motifs is 1. The van der Waals surface area contributed by atoms with Crippen molar-refractivity contribution < 1.29 is 23.4 Å². The molecule has 3 N–H and O–H groups in total. The van der Waals surface area contributed by atoms with Crippen LogP contribution in [0.2, 0.25) is 0 Å². The number of benzene rings is 2. The van der Waals surface area contributed by atoms with E-state index in [1.165, 1.54) is 17.0 Å². The highest BCUT2D eigenvalue weighted by Gasteiger charge is 2.38. The molecule has 0 aliphatic carbocycles. The quantitative estimate of drug-likeness (QED) is 0.796. The van der Waals surface area contributed by atoms with Gasteiger partial charge in [0.15, 0.2) is 0 Å². The Morgan fingerprint density at radius 2 is 1.80 bits per heavy atom. The lowest BCUT2D eigenvalue weighted by Gasteiger charge is -2.41. The largest absolute Gasteiger partial charge is 0.444 e. The molecule has 1 aliphatic rings. The molecular weight excluding hydrogens is 390 g/mol. The topological polar surface area (TPSA) is 75.8 Å². The van der Waals surface area contributed by atoms with Gasteiger partial charge in [0.25, 0.3) is 0 Å². The minimum atomic E-state index is -1.11. The Bertz CT molecular complexity index is 893. The number of halogens is 2. The van der Waals surface area contributed by atoms with E-state index in [1.807, 2.05) is 24.3 Å². The first kappa shape index (κ1) is 22.2. The number of hydrogen-bond donors (Lipinski definition) is 2. The van der Waals surface area contributed by atoms with E-state index in [-0.39, 0.29) is 13.0 Å². The summed E-state index contributed by atoms with van der Waals surface area (Å²) in [5, 5.41) is 11.0. The molecule has 0 aromatic heterocycles. The van der Waals surface area contributed by atoms with Crippen LogP contribution in [0.25, 0.3) is 0 Å². The predicted molar refractivity (Wildman–Crippen MR) is 110 cm³/mol. The molecule has 162 valence electrons. The van der Waals surface area contributed by atoms with Crippen LogP contribution in [-0.2, 0) is 24.1 Å². The third-order valence-electron chi connectivity index (χ3n) is 5.14. The molecule has 0 saturated heterocycles. The van der Waals surface area contributed by atoms with E-state index in [9.17, 15) is 18.7 Å². The monoisotopic (exact) mass is 418 g/mol. The number of hydrogen-bond acceptors (Lipinski definition) is 4. The van der Waals surface area contributed by atoms with E-state index in [4.69, 9.17) is 10.5 Å². The number of nitrogens with zero attached hydrogens (tertiary/aromatic N) is 1. The molecule has 0 fully saturated rings. The van der Waals surface area contributed by atoms with Crippen LogP contribution < -0.4 is 5.73 Å².